The second-order valence-electron chi connectivity index (χ2n) is 5.61. The Balaban J connectivity index is 2.02. The zero-order valence-corrected chi connectivity index (χ0v) is 14.3. The maximum atomic E-state index is 12.1. The number of hydrogen-bond donors (Lipinski definition) is 2. The molecule has 2 N–H and O–H groups in total. The first-order valence-corrected chi connectivity index (χ1v) is 7.88. The first-order valence-electron chi connectivity index (χ1n) is 7.88. The molecule has 1 amide bonds. The second-order valence-corrected chi connectivity index (χ2v) is 5.61. The molecule has 0 saturated heterocycles. The molecule has 0 unspecified atom stereocenters. The average molecular weight is 358 g/mol. The molecule has 9 heteroatoms. The molecular formula is C17H18N4O5. The summed E-state index contributed by atoms with van der Waals surface area (Å²) >= 11 is 0. The molecule has 136 valence electrons. The van der Waals surface area contributed by atoms with E-state index in [9.17, 15) is 25.0 Å². The third-order valence-electron chi connectivity index (χ3n) is 3.81. The molecule has 0 aliphatic carbocycles. The van der Waals surface area contributed by atoms with E-state index in [1.165, 1.54) is 24.3 Å². The maximum Gasteiger partial charge on any atom is 0.274 e. The van der Waals surface area contributed by atoms with Gasteiger partial charge in [-0.15, -0.1) is 0 Å². The molecule has 0 bridgehead atoms. The predicted octanol–water partition coefficient (Wildman–Crippen LogP) is 3.42. The van der Waals surface area contributed by atoms with Gasteiger partial charge in [-0.1, -0.05) is 13.0 Å². The molecule has 26 heavy (non-hydrogen) atoms. The van der Waals surface area contributed by atoms with Gasteiger partial charge in [0.25, 0.3) is 11.4 Å². The van der Waals surface area contributed by atoms with Crippen LogP contribution in [0.3, 0.4) is 0 Å². The molecule has 0 saturated carbocycles. The van der Waals surface area contributed by atoms with Crippen molar-refractivity contribution in [1.29, 1.82) is 0 Å². The number of nitrogens with zero attached hydrogens (tertiary/aromatic N) is 2. The van der Waals surface area contributed by atoms with Gasteiger partial charge in [0.05, 0.1) is 16.4 Å². The summed E-state index contributed by atoms with van der Waals surface area (Å²) in [6.07, 6.45) is 0.538. The smallest absolute Gasteiger partial charge is 0.274 e. The Kier molecular flexibility index (Phi) is 5.84. The number of carbonyl (C=O) groups is 1. The van der Waals surface area contributed by atoms with Crippen molar-refractivity contribution in [2.75, 3.05) is 17.2 Å². The van der Waals surface area contributed by atoms with Crippen LogP contribution in [0.1, 0.15) is 18.1 Å². The number of benzene rings is 2. The van der Waals surface area contributed by atoms with E-state index in [4.69, 9.17) is 0 Å². The average Bonchev–Trinajstić information content (AvgIpc) is 2.61. The monoisotopic (exact) mass is 358 g/mol. The summed E-state index contributed by atoms with van der Waals surface area (Å²) in [6, 6.07) is 8.86. The van der Waals surface area contributed by atoms with Gasteiger partial charge in [0.1, 0.15) is 0 Å². The second kappa shape index (κ2) is 8.06. The fourth-order valence-corrected chi connectivity index (χ4v) is 2.42. The van der Waals surface area contributed by atoms with Crippen LogP contribution >= 0.6 is 0 Å². The van der Waals surface area contributed by atoms with Crippen molar-refractivity contribution < 1.29 is 14.6 Å². The lowest BCUT2D eigenvalue weighted by atomic mass is 10.1. The summed E-state index contributed by atoms with van der Waals surface area (Å²) in [5.74, 6) is -0.371. The quantitative estimate of drug-likeness (QED) is 0.576. The normalized spacial score (nSPS) is 10.2. The molecule has 0 atom stereocenters. The highest BCUT2D eigenvalue weighted by Gasteiger charge is 2.14. The van der Waals surface area contributed by atoms with Crippen LogP contribution in [-0.4, -0.2) is 22.3 Å². The van der Waals surface area contributed by atoms with E-state index in [-0.39, 0.29) is 23.8 Å². The van der Waals surface area contributed by atoms with E-state index < -0.39 is 9.85 Å². The van der Waals surface area contributed by atoms with Crippen LogP contribution < -0.4 is 10.6 Å². The molecule has 0 heterocycles. The Bertz CT molecular complexity index is 866. The highest BCUT2D eigenvalue weighted by Crippen LogP contribution is 2.24. The van der Waals surface area contributed by atoms with Crippen LogP contribution in [0, 0.1) is 27.2 Å². The number of anilines is 2. The molecule has 0 aliphatic rings. The van der Waals surface area contributed by atoms with Gasteiger partial charge < -0.3 is 10.6 Å². The van der Waals surface area contributed by atoms with Crippen molar-refractivity contribution in [3.8, 4) is 0 Å². The molecule has 2 aromatic rings. The summed E-state index contributed by atoms with van der Waals surface area (Å²) in [5, 5.41) is 27.3. The number of rotatable bonds is 7. The van der Waals surface area contributed by atoms with Crippen molar-refractivity contribution in [2.24, 2.45) is 0 Å². The fraction of sp³-hybridized carbons (Fsp3) is 0.235. The van der Waals surface area contributed by atoms with Crippen LogP contribution in [0.15, 0.2) is 36.4 Å². The largest absolute Gasteiger partial charge is 0.376 e. The van der Waals surface area contributed by atoms with Gasteiger partial charge >= 0.3 is 0 Å². The first-order chi connectivity index (χ1) is 12.3. The highest BCUT2D eigenvalue weighted by molar-refractivity contribution is 5.94. The van der Waals surface area contributed by atoms with E-state index in [1.807, 2.05) is 6.92 Å². The molecule has 0 spiro atoms. The van der Waals surface area contributed by atoms with E-state index in [0.717, 1.165) is 0 Å². The predicted molar refractivity (Wildman–Crippen MR) is 97.4 cm³/mol. The van der Waals surface area contributed by atoms with Gasteiger partial charge in [-0.2, -0.15) is 0 Å². The third kappa shape index (κ3) is 4.53. The van der Waals surface area contributed by atoms with Crippen LogP contribution in [-0.2, 0) is 11.2 Å². The number of carbonyl (C=O) groups excluding carboxylic acids is 1. The zero-order valence-electron chi connectivity index (χ0n) is 14.3. The number of non-ortho nitro benzene ring substituents is 1. The van der Waals surface area contributed by atoms with Gasteiger partial charge in [0.15, 0.2) is 0 Å². The number of aryl methyl sites for hydroxylation is 2. The standard InChI is InChI=1S/C17H18N4O5/c1-3-12-4-5-13(9-16(12)21(25)26)18-10-17(22)19-15-7-6-14(20(23)24)8-11(15)2/h4-9,18H,3,10H2,1-2H3,(H,19,22). The van der Waals surface area contributed by atoms with Crippen LogP contribution in [0.5, 0.6) is 0 Å². The summed E-state index contributed by atoms with van der Waals surface area (Å²) in [5.41, 5.74) is 2.06. The Hall–Kier alpha value is -3.49. The number of nitro groups is 2. The molecule has 0 aromatic heterocycles. The fourth-order valence-electron chi connectivity index (χ4n) is 2.42. The highest BCUT2D eigenvalue weighted by atomic mass is 16.6. The lowest BCUT2D eigenvalue weighted by molar-refractivity contribution is -0.385. The minimum Gasteiger partial charge on any atom is -0.376 e. The zero-order chi connectivity index (χ0) is 19.3. The minimum absolute atomic E-state index is 0.00382. The van der Waals surface area contributed by atoms with Crippen molar-refractivity contribution in [3.05, 3.63) is 67.8 Å². The summed E-state index contributed by atoms with van der Waals surface area (Å²) in [4.78, 5) is 32.9. The SMILES string of the molecule is CCc1ccc(NCC(=O)Nc2ccc([N+](=O)[O-])cc2C)cc1[N+](=O)[O-]. The molecule has 0 fully saturated rings. The topological polar surface area (TPSA) is 127 Å². The number of nitrogens with one attached hydrogen (secondary N) is 2. The lowest BCUT2D eigenvalue weighted by Gasteiger charge is -2.10. The summed E-state index contributed by atoms with van der Waals surface area (Å²) in [6.45, 7) is 3.39. The van der Waals surface area contributed by atoms with E-state index in [1.54, 1.807) is 19.1 Å². The summed E-state index contributed by atoms with van der Waals surface area (Å²) < 4.78 is 0. The molecular weight excluding hydrogens is 340 g/mol. The van der Waals surface area contributed by atoms with Gasteiger partial charge in [-0.3, -0.25) is 25.0 Å². The third-order valence-corrected chi connectivity index (χ3v) is 3.81. The molecule has 2 rings (SSSR count). The molecule has 2 aromatic carbocycles. The van der Waals surface area contributed by atoms with Gasteiger partial charge in [0.2, 0.25) is 5.91 Å². The van der Waals surface area contributed by atoms with E-state index >= 15 is 0 Å². The lowest BCUT2D eigenvalue weighted by Crippen LogP contribution is -2.22. The van der Waals surface area contributed by atoms with Crippen LogP contribution in [0.25, 0.3) is 0 Å². The van der Waals surface area contributed by atoms with Crippen molar-refractivity contribution in [3.63, 3.8) is 0 Å². The van der Waals surface area contributed by atoms with E-state index in [2.05, 4.69) is 10.6 Å². The minimum atomic E-state index is -0.507. The first kappa shape index (κ1) is 18.8. The number of nitro benzene ring substituents is 2. The van der Waals surface area contributed by atoms with Gasteiger partial charge in [-0.05, 0) is 31.0 Å². The van der Waals surface area contributed by atoms with Gasteiger partial charge in [0, 0.05) is 35.1 Å². The summed E-state index contributed by atoms with van der Waals surface area (Å²) in [7, 11) is 0. The Morgan fingerprint density at radius 1 is 1.08 bits per heavy atom. The molecule has 0 aliphatic heterocycles. The van der Waals surface area contributed by atoms with E-state index in [0.29, 0.717) is 28.9 Å². The Morgan fingerprint density at radius 3 is 2.38 bits per heavy atom. The number of amides is 1. The van der Waals surface area contributed by atoms with Crippen molar-refractivity contribution >= 4 is 28.7 Å². The van der Waals surface area contributed by atoms with Crippen LogP contribution in [0.2, 0.25) is 0 Å². The van der Waals surface area contributed by atoms with Crippen molar-refractivity contribution in [2.45, 2.75) is 20.3 Å². The van der Waals surface area contributed by atoms with Crippen molar-refractivity contribution in [1.82, 2.24) is 0 Å². The maximum absolute atomic E-state index is 12.1. The van der Waals surface area contributed by atoms with Crippen LogP contribution in [0.4, 0.5) is 22.7 Å². The van der Waals surface area contributed by atoms with Gasteiger partial charge in [-0.25, -0.2) is 0 Å². The molecule has 0 radical (unpaired) electrons. The molecule has 9 nitrogen and oxygen atoms in total. The Morgan fingerprint density at radius 2 is 1.81 bits per heavy atom. The Labute approximate surface area is 149 Å². The number of hydrogen-bond acceptors (Lipinski definition) is 6.